The Hall–Kier alpha value is -1.09. The fourth-order valence-electron chi connectivity index (χ4n) is 1.12. The number of ether oxygens (including phenoxy) is 1. The van der Waals surface area contributed by atoms with Crippen LogP contribution in [0.1, 0.15) is 5.56 Å². The van der Waals surface area contributed by atoms with Crippen LogP contribution in [0.25, 0.3) is 0 Å². The summed E-state index contributed by atoms with van der Waals surface area (Å²) >= 11 is 0. The van der Waals surface area contributed by atoms with Gasteiger partial charge in [0.25, 0.3) is 0 Å². The van der Waals surface area contributed by atoms with Crippen molar-refractivity contribution in [2.24, 2.45) is 0 Å². The Balaban J connectivity index is 2.73. The van der Waals surface area contributed by atoms with E-state index in [0.717, 1.165) is 17.7 Å². The molecule has 3 heteroatoms. The van der Waals surface area contributed by atoms with E-state index in [4.69, 9.17) is 4.74 Å². The van der Waals surface area contributed by atoms with Crippen LogP contribution in [-0.2, 0) is 17.2 Å². The van der Waals surface area contributed by atoms with Crippen LogP contribution in [-0.4, -0.2) is 16.4 Å². The summed E-state index contributed by atoms with van der Waals surface area (Å²) in [5.41, 5.74) is 1.08. The summed E-state index contributed by atoms with van der Waals surface area (Å²) in [5, 5.41) is 0. The molecule has 0 saturated heterocycles. The first-order valence-corrected chi connectivity index (χ1v) is 6.08. The van der Waals surface area contributed by atoms with Gasteiger partial charge in [0, 0.05) is 6.26 Å². The molecule has 14 heavy (non-hydrogen) atoms. The van der Waals surface area contributed by atoms with Crippen molar-refractivity contribution >= 4 is 10.8 Å². The van der Waals surface area contributed by atoms with E-state index in [2.05, 4.69) is 6.58 Å². The maximum absolute atomic E-state index is 10.9. The first-order chi connectivity index (χ1) is 6.74. The molecule has 0 radical (unpaired) electrons. The van der Waals surface area contributed by atoms with Gasteiger partial charge in [0.05, 0.1) is 10.8 Å². The Kier molecular flexibility index (Phi) is 4.40. The van der Waals surface area contributed by atoms with Gasteiger partial charge in [-0.25, -0.2) is 0 Å². The molecule has 0 aromatic heterocycles. The van der Waals surface area contributed by atoms with Gasteiger partial charge in [-0.3, -0.25) is 4.21 Å². The number of allylic oxidation sites excluding steroid dienone is 1. The van der Waals surface area contributed by atoms with Crippen molar-refractivity contribution in [3.63, 3.8) is 0 Å². The third-order valence-corrected chi connectivity index (χ3v) is 2.17. The average Bonchev–Trinajstić information content (AvgIpc) is 2.17. The highest BCUT2D eigenvalue weighted by Crippen LogP contribution is 2.18. The zero-order valence-electron chi connectivity index (χ0n) is 8.23. The molecule has 76 valence electrons. The van der Waals surface area contributed by atoms with E-state index in [1.807, 2.05) is 30.3 Å². The highest BCUT2D eigenvalue weighted by Gasteiger charge is 2.01. The minimum Gasteiger partial charge on any atom is -0.480 e. The van der Waals surface area contributed by atoms with Crippen LogP contribution in [0.4, 0.5) is 0 Å². The molecule has 0 aliphatic carbocycles. The Labute approximate surface area is 87.1 Å². The molecule has 0 N–H and O–H groups in total. The molecule has 0 saturated carbocycles. The van der Waals surface area contributed by atoms with Gasteiger partial charge in [-0.2, -0.15) is 0 Å². The van der Waals surface area contributed by atoms with Gasteiger partial charge < -0.3 is 4.74 Å². The Morgan fingerprint density at radius 3 is 2.86 bits per heavy atom. The second-order valence-corrected chi connectivity index (χ2v) is 4.32. The standard InChI is InChI=1S/C11H14O2S/c1-3-6-10-7-4-5-8-11(10)13-9-14(2)12/h3-5,7-8H,1,6,9H2,2H3. The minimum absolute atomic E-state index is 0.244. The smallest absolute Gasteiger partial charge is 0.162 e. The number of hydrogen-bond donors (Lipinski definition) is 0. The second kappa shape index (κ2) is 5.60. The second-order valence-electron chi connectivity index (χ2n) is 2.94. The summed E-state index contributed by atoms with van der Waals surface area (Å²) in [4.78, 5) is 0. The predicted octanol–water partition coefficient (Wildman–Crippen LogP) is 2.13. The van der Waals surface area contributed by atoms with Crippen LogP contribution in [0, 0.1) is 0 Å². The van der Waals surface area contributed by atoms with Gasteiger partial charge in [-0.15, -0.1) is 6.58 Å². The van der Waals surface area contributed by atoms with Crippen molar-refractivity contribution < 1.29 is 8.95 Å². The van der Waals surface area contributed by atoms with Gasteiger partial charge in [0.2, 0.25) is 0 Å². The lowest BCUT2D eigenvalue weighted by Crippen LogP contribution is -2.04. The topological polar surface area (TPSA) is 26.3 Å². The van der Waals surface area contributed by atoms with Crippen molar-refractivity contribution in [2.75, 3.05) is 12.2 Å². The third-order valence-electron chi connectivity index (χ3n) is 1.72. The van der Waals surface area contributed by atoms with E-state index >= 15 is 0 Å². The molecule has 0 aliphatic rings. The summed E-state index contributed by atoms with van der Waals surface area (Å²) < 4.78 is 16.3. The summed E-state index contributed by atoms with van der Waals surface area (Å²) in [6.45, 7) is 3.68. The molecule has 0 amide bonds. The van der Waals surface area contributed by atoms with E-state index < -0.39 is 10.8 Å². The molecule has 0 fully saturated rings. The van der Waals surface area contributed by atoms with Gasteiger partial charge >= 0.3 is 0 Å². The summed E-state index contributed by atoms with van der Waals surface area (Å²) in [7, 11) is -0.926. The Bertz CT molecular complexity index is 334. The van der Waals surface area contributed by atoms with E-state index in [1.165, 1.54) is 0 Å². The number of rotatable bonds is 5. The molecule has 1 aromatic carbocycles. The SMILES string of the molecule is C=CCc1ccccc1OCS(C)=O. The monoisotopic (exact) mass is 210 g/mol. The maximum Gasteiger partial charge on any atom is 0.162 e. The van der Waals surface area contributed by atoms with E-state index in [0.29, 0.717) is 0 Å². The van der Waals surface area contributed by atoms with E-state index in [9.17, 15) is 4.21 Å². The molecule has 1 aromatic rings. The number of hydrogen-bond acceptors (Lipinski definition) is 2. The van der Waals surface area contributed by atoms with E-state index in [1.54, 1.807) is 6.26 Å². The largest absolute Gasteiger partial charge is 0.480 e. The van der Waals surface area contributed by atoms with Crippen molar-refractivity contribution in [2.45, 2.75) is 6.42 Å². The molecular formula is C11H14O2S. The average molecular weight is 210 g/mol. The molecule has 1 unspecified atom stereocenters. The molecule has 2 nitrogen and oxygen atoms in total. The van der Waals surface area contributed by atoms with Crippen LogP contribution in [0.5, 0.6) is 5.75 Å². The van der Waals surface area contributed by atoms with Gasteiger partial charge in [0.15, 0.2) is 5.94 Å². The fraction of sp³-hybridized carbons (Fsp3) is 0.273. The highest BCUT2D eigenvalue weighted by atomic mass is 32.2. The summed E-state index contributed by atoms with van der Waals surface area (Å²) in [6, 6.07) is 7.72. The first-order valence-electron chi connectivity index (χ1n) is 4.35. The molecule has 1 atom stereocenters. The summed E-state index contributed by atoms with van der Waals surface area (Å²) in [5.74, 6) is 1.04. The van der Waals surface area contributed by atoms with Crippen molar-refractivity contribution in [1.29, 1.82) is 0 Å². The lowest BCUT2D eigenvalue weighted by Gasteiger charge is -2.08. The molecule has 0 bridgehead atoms. The molecular weight excluding hydrogens is 196 g/mol. The molecule has 0 heterocycles. The third kappa shape index (κ3) is 3.34. The number of benzene rings is 1. The predicted molar refractivity (Wildman–Crippen MR) is 59.9 cm³/mol. The van der Waals surface area contributed by atoms with Crippen LogP contribution in [0.2, 0.25) is 0 Å². The van der Waals surface area contributed by atoms with Crippen LogP contribution < -0.4 is 4.74 Å². The quantitative estimate of drug-likeness (QED) is 0.696. The van der Waals surface area contributed by atoms with Crippen LogP contribution in [0.15, 0.2) is 36.9 Å². The van der Waals surface area contributed by atoms with Crippen molar-refractivity contribution in [3.8, 4) is 5.75 Å². The lowest BCUT2D eigenvalue weighted by atomic mass is 10.1. The Morgan fingerprint density at radius 2 is 2.21 bits per heavy atom. The Morgan fingerprint density at radius 1 is 1.50 bits per heavy atom. The maximum atomic E-state index is 10.9. The number of para-hydroxylation sites is 1. The lowest BCUT2D eigenvalue weighted by molar-refractivity contribution is 0.383. The zero-order chi connectivity index (χ0) is 10.4. The van der Waals surface area contributed by atoms with Crippen LogP contribution in [0.3, 0.4) is 0 Å². The molecule has 0 aliphatic heterocycles. The summed E-state index contributed by atoms with van der Waals surface area (Å²) in [6.07, 6.45) is 4.22. The van der Waals surface area contributed by atoms with Gasteiger partial charge in [-0.05, 0) is 18.1 Å². The van der Waals surface area contributed by atoms with Gasteiger partial charge in [-0.1, -0.05) is 24.3 Å². The molecule has 0 spiro atoms. The van der Waals surface area contributed by atoms with Crippen LogP contribution >= 0.6 is 0 Å². The highest BCUT2D eigenvalue weighted by molar-refractivity contribution is 7.84. The van der Waals surface area contributed by atoms with Crippen molar-refractivity contribution in [1.82, 2.24) is 0 Å². The minimum atomic E-state index is -0.926. The first kappa shape index (κ1) is 11.0. The fourth-order valence-corrected chi connectivity index (χ4v) is 1.41. The molecule has 1 rings (SSSR count). The van der Waals surface area contributed by atoms with E-state index in [-0.39, 0.29) is 5.94 Å². The zero-order valence-corrected chi connectivity index (χ0v) is 9.05. The van der Waals surface area contributed by atoms with Crippen molar-refractivity contribution in [3.05, 3.63) is 42.5 Å². The normalized spacial score (nSPS) is 12.1. The van der Waals surface area contributed by atoms with Gasteiger partial charge in [0.1, 0.15) is 5.75 Å².